The van der Waals surface area contributed by atoms with Crippen LogP contribution >= 0.6 is 0 Å². The normalized spacial score (nSPS) is 34.8. The van der Waals surface area contributed by atoms with Gasteiger partial charge in [0.2, 0.25) is 0 Å². The van der Waals surface area contributed by atoms with Gasteiger partial charge in [0, 0.05) is 10.8 Å². The molecule has 5 atom stereocenters. The molecule has 0 nitrogen and oxygen atoms in total. The lowest BCUT2D eigenvalue weighted by molar-refractivity contribution is 0.145. The van der Waals surface area contributed by atoms with Gasteiger partial charge in [-0.3, -0.25) is 0 Å². The Morgan fingerprint density at radius 2 is 2.23 bits per heavy atom. The molecule has 26 heavy (non-hydrogen) atoms. The van der Waals surface area contributed by atoms with Crippen LogP contribution in [0.3, 0.4) is 0 Å². The van der Waals surface area contributed by atoms with Crippen molar-refractivity contribution in [2.24, 2.45) is 28.6 Å². The maximum absolute atomic E-state index is 4.30. The van der Waals surface area contributed by atoms with Crippen molar-refractivity contribution < 1.29 is 0 Å². The van der Waals surface area contributed by atoms with Crippen molar-refractivity contribution in [3.8, 4) is 0 Å². The molecule has 3 aliphatic carbocycles. The lowest BCUT2D eigenvalue weighted by atomic mass is 9.67. The van der Waals surface area contributed by atoms with E-state index in [1.54, 1.807) is 5.57 Å². The van der Waals surface area contributed by atoms with Crippen LogP contribution in [0.1, 0.15) is 78.6 Å². The summed E-state index contributed by atoms with van der Waals surface area (Å²) in [7, 11) is 0. The van der Waals surface area contributed by atoms with Gasteiger partial charge >= 0.3 is 0 Å². The van der Waals surface area contributed by atoms with Gasteiger partial charge in [-0.1, -0.05) is 50.3 Å². The molecule has 3 saturated carbocycles. The molecule has 0 N–H and O–H groups in total. The average Bonchev–Trinajstić information content (AvgIpc) is 3.51. The molecule has 0 bridgehead atoms. The number of hydrogen-bond donors (Lipinski definition) is 0. The highest BCUT2D eigenvalue weighted by Gasteiger charge is 2.59. The molecule has 0 heteroatoms. The minimum Gasteiger partial charge on any atom is -0.126 e. The van der Waals surface area contributed by atoms with E-state index in [9.17, 15) is 0 Å². The van der Waals surface area contributed by atoms with E-state index in [1.165, 1.54) is 56.9 Å². The second-order valence-electron chi connectivity index (χ2n) is 9.19. The van der Waals surface area contributed by atoms with Gasteiger partial charge in [0.15, 0.2) is 0 Å². The fourth-order valence-electron chi connectivity index (χ4n) is 5.61. The first kappa shape index (κ1) is 19.3. The van der Waals surface area contributed by atoms with E-state index in [0.717, 1.165) is 18.3 Å². The van der Waals surface area contributed by atoms with Crippen molar-refractivity contribution >= 4 is 0 Å². The molecular formula is C26H36. The number of hydrogen-bond acceptors (Lipinski definition) is 0. The van der Waals surface area contributed by atoms with Crippen LogP contribution in [0.4, 0.5) is 0 Å². The zero-order chi connectivity index (χ0) is 18.8. The van der Waals surface area contributed by atoms with Crippen molar-refractivity contribution in [2.45, 2.75) is 78.6 Å². The first-order valence-electron chi connectivity index (χ1n) is 10.7. The summed E-state index contributed by atoms with van der Waals surface area (Å²) in [6, 6.07) is 0. The highest BCUT2D eigenvalue weighted by Crippen LogP contribution is 2.69. The van der Waals surface area contributed by atoms with Crippen LogP contribution in [0.25, 0.3) is 0 Å². The third kappa shape index (κ3) is 3.66. The lowest BCUT2D eigenvalue weighted by Gasteiger charge is -2.37. The predicted molar refractivity (Wildman–Crippen MR) is 112 cm³/mol. The zero-order valence-electron chi connectivity index (χ0n) is 17.2. The monoisotopic (exact) mass is 348 g/mol. The van der Waals surface area contributed by atoms with E-state index < -0.39 is 0 Å². The van der Waals surface area contributed by atoms with Crippen LogP contribution in [0.2, 0.25) is 0 Å². The van der Waals surface area contributed by atoms with E-state index in [2.05, 4.69) is 63.3 Å². The summed E-state index contributed by atoms with van der Waals surface area (Å²) in [5, 5.41) is 0. The molecule has 0 aromatic carbocycles. The predicted octanol–water partition coefficient (Wildman–Crippen LogP) is 7.55. The molecule has 0 aromatic rings. The third-order valence-electron chi connectivity index (χ3n) is 7.51. The van der Waals surface area contributed by atoms with Crippen molar-refractivity contribution in [1.82, 2.24) is 0 Å². The highest BCUT2D eigenvalue weighted by atomic mass is 14.6. The van der Waals surface area contributed by atoms with Crippen LogP contribution < -0.4 is 0 Å². The topological polar surface area (TPSA) is 0 Å². The Kier molecular flexibility index (Phi) is 5.69. The van der Waals surface area contributed by atoms with Gasteiger partial charge in [-0.2, -0.15) is 0 Å². The van der Waals surface area contributed by atoms with Crippen LogP contribution in [0, 0.1) is 28.6 Å². The Bertz CT molecular complexity index is 702. The Morgan fingerprint density at radius 3 is 2.85 bits per heavy atom. The van der Waals surface area contributed by atoms with Gasteiger partial charge in [0.1, 0.15) is 0 Å². The van der Waals surface area contributed by atoms with Gasteiger partial charge in [-0.25, -0.2) is 0 Å². The maximum Gasteiger partial charge on any atom is 0.00597 e. The Hall–Kier alpha value is -1.44. The molecule has 3 aliphatic rings. The second kappa shape index (κ2) is 7.66. The van der Waals surface area contributed by atoms with Gasteiger partial charge in [0.05, 0.1) is 0 Å². The van der Waals surface area contributed by atoms with E-state index in [4.69, 9.17) is 0 Å². The molecule has 0 aromatic heterocycles. The smallest absolute Gasteiger partial charge is 0.00597 e. The van der Waals surface area contributed by atoms with Crippen molar-refractivity contribution in [3.63, 3.8) is 0 Å². The highest BCUT2D eigenvalue weighted by molar-refractivity contribution is 5.36. The summed E-state index contributed by atoms with van der Waals surface area (Å²) in [5.41, 5.74) is 13.4. The largest absolute Gasteiger partial charge is 0.126 e. The molecule has 0 amide bonds. The molecule has 3 rings (SSSR count). The molecule has 3 fully saturated rings. The first-order chi connectivity index (χ1) is 12.5. The molecule has 140 valence electrons. The number of allylic oxidation sites excluding steroid dienone is 3. The van der Waals surface area contributed by atoms with Gasteiger partial charge in [0.25, 0.3) is 0 Å². The van der Waals surface area contributed by atoms with E-state index >= 15 is 0 Å². The van der Waals surface area contributed by atoms with Gasteiger partial charge in [-0.05, 0) is 93.9 Å². The third-order valence-corrected chi connectivity index (χ3v) is 7.51. The average molecular weight is 349 g/mol. The minimum absolute atomic E-state index is 0.299. The number of rotatable bonds is 9. The molecular weight excluding hydrogens is 312 g/mol. The van der Waals surface area contributed by atoms with Crippen molar-refractivity contribution in [1.29, 1.82) is 0 Å². The van der Waals surface area contributed by atoms with E-state index in [-0.39, 0.29) is 0 Å². The standard InChI is InChI=1S/C26H36/c1-6-9-15-25(19-24(25)21(5)8-3)17-20(4)12-10-13-22-14-16-26(22)18-23(26)11-7-2/h7,15,20,22,24H,1,5,8,10,12-14,16-19H2,2-4H3. The van der Waals surface area contributed by atoms with E-state index in [1.807, 2.05) is 0 Å². The van der Waals surface area contributed by atoms with Crippen LogP contribution in [-0.2, 0) is 0 Å². The molecule has 0 aliphatic heterocycles. The summed E-state index contributed by atoms with van der Waals surface area (Å²) in [5.74, 6) is 2.38. The van der Waals surface area contributed by atoms with Crippen molar-refractivity contribution in [2.75, 3.05) is 0 Å². The summed E-state index contributed by atoms with van der Waals surface area (Å²) in [4.78, 5) is 0. The molecule has 5 unspecified atom stereocenters. The zero-order valence-corrected chi connectivity index (χ0v) is 17.2. The fraction of sp³-hybridized carbons (Fsp3) is 0.654. The maximum atomic E-state index is 4.30. The first-order valence-corrected chi connectivity index (χ1v) is 10.7. The molecule has 0 saturated heterocycles. The Balaban J connectivity index is 1.47. The summed E-state index contributed by atoms with van der Waals surface area (Å²) in [6.45, 7) is 14.7. The quantitative estimate of drug-likeness (QED) is 0.298. The van der Waals surface area contributed by atoms with Crippen molar-refractivity contribution in [3.05, 3.63) is 53.6 Å². The summed E-state index contributed by atoms with van der Waals surface area (Å²) >= 11 is 0. The van der Waals surface area contributed by atoms with Crippen LogP contribution in [0.15, 0.2) is 53.6 Å². The fourth-order valence-corrected chi connectivity index (χ4v) is 5.61. The lowest BCUT2D eigenvalue weighted by Crippen LogP contribution is -2.27. The Labute approximate surface area is 161 Å². The summed E-state index contributed by atoms with van der Waals surface area (Å²) in [6.07, 6.45) is 16.3. The van der Waals surface area contributed by atoms with Gasteiger partial charge in [-0.15, -0.1) is 5.73 Å². The van der Waals surface area contributed by atoms with E-state index in [0.29, 0.717) is 16.7 Å². The molecule has 0 heterocycles. The van der Waals surface area contributed by atoms with Gasteiger partial charge < -0.3 is 0 Å². The minimum atomic E-state index is 0.299. The molecule has 1 spiro atoms. The Morgan fingerprint density at radius 1 is 1.42 bits per heavy atom. The van der Waals surface area contributed by atoms with Crippen LogP contribution in [-0.4, -0.2) is 0 Å². The summed E-state index contributed by atoms with van der Waals surface area (Å²) < 4.78 is 0. The van der Waals surface area contributed by atoms with Crippen LogP contribution in [0.5, 0.6) is 0 Å². The second-order valence-corrected chi connectivity index (χ2v) is 9.19. The SMILES string of the molecule is C=C=C=CC1(CC(C)CCCC2CCC23CC3=C=CC)CC1C(=C)CC. The molecule has 0 radical (unpaired) electrons.